The molecule has 0 aromatic carbocycles. The van der Waals surface area contributed by atoms with E-state index in [1.54, 1.807) is 0 Å². The van der Waals surface area contributed by atoms with E-state index in [9.17, 15) is 5.26 Å². The molecule has 0 bridgehead atoms. The van der Waals surface area contributed by atoms with Crippen molar-refractivity contribution in [2.45, 2.75) is 0 Å². The molecule has 1 aliphatic rings. The second kappa shape index (κ2) is 1.85. The van der Waals surface area contributed by atoms with Gasteiger partial charge in [0.25, 0.3) is 0 Å². The molecule has 1 rings (SSSR count). The second-order valence-corrected chi connectivity index (χ2v) is 2.07. The van der Waals surface area contributed by atoms with E-state index < -0.39 is 0 Å². The quantitative estimate of drug-likeness (QED) is 0.235. The Morgan fingerprint density at radius 3 is 2.83 bits per heavy atom. The number of rotatable bonds is 0. The van der Waals surface area contributed by atoms with Crippen LogP contribution in [0.3, 0.4) is 0 Å². The average molecular weight is 108 g/mol. The van der Waals surface area contributed by atoms with Crippen molar-refractivity contribution in [2.24, 2.45) is 0 Å². The van der Waals surface area contributed by atoms with Crippen molar-refractivity contribution in [3.8, 4) is 0 Å². The lowest BCUT2D eigenvalue weighted by Gasteiger charge is -2.02. The predicted molar refractivity (Wildman–Crippen MR) is 20.2 cm³/mol. The van der Waals surface area contributed by atoms with E-state index in [4.69, 9.17) is 0 Å². The van der Waals surface area contributed by atoms with Gasteiger partial charge in [-0.05, 0) is 0 Å². The monoisotopic (exact) mass is 108 g/mol. The molecule has 1 fully saturated rings. The molecule has 4 heteroatoms. The van der Waals surface area contributed by atoms with Gasteiger partial charge in [-0.2, -0.15) is 0 Å². The second-order valence-electron chi connectivity index (χ2n) is 0.951. The summed E-state index contributed by atoms with van der Waals surface area (Å²) in [5.74, 6) is 0. The van der Waals surface area contributed by atoms with Crippen molar-refractivity contribution < 1.29 is 14.6 Å². The topological polar surface area (TPSA) is 35.0 Å². The first-order chi connectivity index (χ1) is 2.89. The van der Waals surface area contributed by atoms with E-state index in [2.05, 4.69) is 4.89 Å². The van der Waals surface area contributed by atoms with Crippen molar-refractivity contribution in [3.63, 3.8) is 0 Å². The largest absolute Gasteiger partial charge is 0.486 e. The van der Waals surface area contributed by atoms with Gasteiger partial charge in [0.15, 0.2) is 0 Å². The van der Waals surface area contributed by atoms with Crippen LogP contribution in [0.1, 0.15) is 0 Å². The maximum atomic E-state index is 9.87. The standard InChI is InChI=1S/C2H5O3P/c3-5-4-1-2-6-5/h6H,1-2H2. The molecular formula is C2H5O3P. The first kappa shape index (κ1) is 4.47. The summed E-state index contributed by atoms with van der Waals surface area (Å²) in [6.45, 7) is 0.576. The van der Waals surface area contributed by atoms with E-state index in [-0.39, 0.29) is 8.81 Å². The Kier molecular flexibility index (Phi) is 1.37. The minimum Gasteiger partial charge on any atom is -0.486 e. The summed E-state index contributed by atoms with van der Waals surface area (Å²) in [6.07, 6.45) is 0.869. The van der Waals surface area contributed by atoms with Crippen molar-refractivity contribution in [1.82, 2.24) is 0 Å². The van der Waals surface area contributed by atoms with Gasteiger partial charge in [0.1, 0.15) is 6.61 Å². The van der Waals surface area contributed by atoms with Crippen molar-refractivity contribution in [2.75, 3.05) is 12.8 Å². The Morgan fingerprint density at radius 1 is 1.83 bits per heavy atom. The van der Waals surface area contributed by atoms with Gasteiger partial charge in [-0.3, -0.25) is 0 Å². The third kappa shape index (κ3) is 0.884. The SMILES string of the molecule is [O-][O+]1OCCP1. The molecule has 0 aliphatic carbocycles. The molecule has 1 heterocycles. The molecule has 1 unspecified atom stereocenters. The first-order valence-corrected chi connectivity index (χ1v) is 2.80. The smallest absolute Gasteiger partial charge is 0.240 e. The zero-order valence-corrected chi connectivity index (χ0v) is 4.14. The molecule has 0 N–H and O–H groups in total. The zero-order valence-electron chi connectivity index (χ0n) is 3.14. The number of hydrogen-bond acceptors (Lipinski definition) is 2. The Labute approximate surface area is 37.3 Å². The maximum Gasteiger partial charge on any atom is 0.240 e. The molecule has 0 aromatic rings. The molecule has 3 nitrogen and oxygen atoms in total. The van der Waals surface area contributed by atoms with Crippen LogP contribution in [0.25, 0.3) is 0 Å². The van der Waals surface area contributed by atoms with Crippen molar-refractivity contribution in [3.05, 3.63) is 0 Å². The van der Waals surface area contributed by atoms with Crippen LogP contribution in [0.15, 0.2) is 0 Å². The van der Waals surface area contributed by atoms with Crippen LogP contribution in [0.2, 0.25) is 0 Å². The lowest BCUT2D eigenvalue weighted by atomic mass is 10.9. The molecule has 0 saturated carbocycles. The normalized spacial score (nSPS) is 29.5. The third-order valence-electron chi connectivity index (χ3n) is 0.512. The third-order valence-corrected chi connectivity index (χ3v) is 1.27. The van der Waals surface area contributed by atoms with Gasteiger partial charge in [-0.1, -0.05) is 0 Å². The van der Waals surface area contributed by atoms with E-state index >= 15 is 0 Å². The summed E-state index contributed by atoms with van der Waals surface area (Å²) in [5, 5.41) is 9.87. The molecule has 1 aliphatic heterocycles. The minimum atomic E-state index is 0.255. The molecule has 0 amide bonds. The highest BCUT2D eigenvalue weighted by Crippen LogP contribution is 2.23. The molecule has 0 aromatic heterocycles. The summed E-state index contributed by atoms with van der Waals surface area (Å²) >= 11 is 0. The van der Waals surface area contributed by atoms with Gasteiger partial charge in [-0.15, -0.1) is 4.89 Å². The highest BCUT2D eigenvalue weighted by Gasteiger charge is 2.11. The summed E-state index contributed by atoms with van der Waals surface area (Å²) in [5.41, 5.74) is 0. The van der Waals surface area contributed by atoms with Crippen LogP contribution in [0, 0.1) is 0 Å². The number of hydrogen-bond donors (Lipinski definition) is 0. The van der Waals surface area contributed by atoms with Crippen LogP contribution >= 0.6 is 8.81 Å². The van der Waals surface area contributed by atoms with Crippen LogP contribution in [0.5, 0.6) is 0 Å². The van der Waals surface area contributed by atoms with Gasteiger partial charge in [0.05, 0.1) is 6.16 Å². The average Bonchev–Trinajstić information content (AvgIpc) is 1.86. The molecule has 36 valence electrons. The van der Waals surface area contributed by atoms with Gasteiger partial charge in [0.2, 0.25) is 8.81 Å². The van der Waals surface area contributed by atoms with Gasteiger partial charge in [0, 0.05) is 0 Å². The Morgan fingerprint density at radius 2 is 2.67 bits per heavy atom. The van der Waals surface area contributed by atoms with Crippen LogP contribution in [-0.4, -0.2) is 12.8 Å². The predicted octanol–water partition coefficient (Wildman–Crippen LogP) is -0.647. The summed E-state index contributed by atoms with van der Waals surface area (Å²) in [4.78, 5) is 4.36. The van der Waals surface area contributed by atoms with E-state index in [0.717, 1.165) is 6.16 Å². The van der Waals surface area contributed by atoms with E-state index in [0.29, 0.717) is 6.61 Å². The summed E-state index contributed by atoms with van der Waals surface area (Å²) in [7, 11) is 0.255. The van der Waals surface area contributed by atoms with Crippen LogP contribution < -0.4 is 5.26 Å². The Hall–Kier alpha value is 0.310. The Balaban J connectivity index is 2.18. The van der Waals surface area contributed by atoms with Gasteiger partial charge >= 0.3 is 0 Å². The van der Waals surface area contributed by atoms with Gasteiger partial charge < -0.3 is 5.26 Å². The lowest BCUT2D eigenvalue weighted by molar-refractivity contribution is -0.840. The first-order valence-electron chi connectivity index (χ1n) is 1.68. The lowest BCUT2D eigenvalue weighted by Crippen LogP contribution is -2.12. The van der Waals surface area contributed by atoms with Crippen LogP contribution in [-0.2, 0) is 9.34 Å². The van der Waals surface area contributed by atoms with Crippen molar-refractivity contribution in [1.29, 1.82) is 0 Å². The van der Waals surface area contributed by atoms with Crippen molar-refractivity contribution >= 4 is 8.81 Å². The molecule has 1 atom stereocenters. The summed E-state index contributed by atoms with van der Waals surface area (Å²) in [6, 6.07) is 0. The molecule has 1 saturated heterocycles. The molecule has 0 spiro atoms. The Bertz CT molecular complexity index is 42.1. The molecular weight excluding hydrogens is 103 g/mol. The fraction of sp³-hybridized carbons (Fsp3) is 1.00. The molecule has 0 radical (unpaired) electrons. The minimum absolute atomic E-state index is 0.255. The highest BCUT2D eigenvalue weighted by molar-refractivity contribution is 7.32. The molecule has 6 heavy (non-hydrogen) atoms. The maximum absolute atomic E-state index is 9.87. The fourth-order valence-corrected chi connectivity index (χ4v) is 0.784. The summed E-state index contributed by atoms with van der Waals surface area (Å²) < 4.78 is 1.30. The van der Waals surface area contributed by atoms with E-state index in [1.807, 2.05) is 0 Å². The van der Waals surface area contributed by atoms with Gasteiger partial charge in [-0.25, -0.2) is 4.46 Å². The van der Waals surface area contributed by atoms with E-state index in [1.165, 1.54) is 4.46 Å². The highest BCUT2D eigenvalue weighted by atomic mass is 31.1. The zero-order chi connectivity index (χ0) is 4.41. The fourth-order valence-electron chi connectivity index (χ4n) is 0.284. The van der Waals surface area contributed by atoms with Crippen LogP contribution in [0.4, 0.5) is 0 Å².